The number of nitrogens with zero attached hydrogens (tertiary/aromatic N) is 2. The molecule has 1 aromatic heterocycles. The van der Waals surface area contributed by atoms with Crippen LogP contribution in [0.2, 0.25) is 0 Å². The fraction of sp³-hybridized carbons (Fsp3) is 0.647. The van der Waals surface area contributed by atoms with Crippen LogP contribution < -0.4 is 5.73 Å². The first-order valence-corrected chi connectivity index (χ1v) is 7.85. The Hall–Kier alpha value is -1.58. The van der Waals surface area contributed by atoms with E-state index in [0.29, 0.717) is 16.8 Å². The third kappa shape index (κ3) is 3.96. The summed E-state index contributed by atoms with van der Waals surface area (Å²) in [5, 5.41) is 0. The molecule has 1 aromatic rings. The van der Waals surface area contributed by atoms with Crippen LogP contribution in [0.15, 0.2) is 12.1 Å². The highest BCUT2D eigenvalue weighted by Crippen LogP contribution is 2.30. The summed E-state index contributed by atoms with van der Waals surface area (Å²) in [5.41, 5.74) is 7.74. The number of nitrogen functional groups attached to an aromatic ring is 1. The highest BCUT2D eigenvalue weighted by atomic mass is 16.2. The lowest BCUT2D eigenvalue weighted by atomic mass is 9.85. The normalized spacial score (nSPS) is 18.6. The van der Waals surface area contributed by atoms with Crippen molar-refractivity contribution in [3.8, 4) is 0 Å². The molecule has 2 N–H and O–H groups in total. The molecule has 21 heavy (non-hydrogen) atoms. The predicted molar refractivity (Wildman–Crippen MR) is 86.3 cm³/mol. The maximum atomic E-state index is 12.7. The fourth-order valence-corrected chi connectivity index (χ4v) is 2.80. The molecular weight excluding hydrogens is 262 g/mol. The van der Waals surface area contributed by atoms with Gasteiger partial charge in [-0.1, -0.05) is 27.7 Å². The Kier molecular flexibility index (Phi) is 4.55. The molecule has 1 aliphatic heterocycles. The van der Waals surface area contributed by atoms with Crippen LogP contribution in [-0.4, -0.2) is 28.9 Å². The lowest BCUT2D eigenvalue weighted by Crippen LogP contribution is -2.32. The van der Waals surface area contributed by atoms with Crippen molar-refractivity contribution in [1.82, 2.24) is 9.88 Å². The Labute approximate surface area is 127 Å². The van der Waals surface area contributed by atoms with Crippen LogP contribution in [-0.2, 0) is 0 Å². The molecule has 1 aliphatic rings. The first-order chi connectivity index (χ1) is 9.78. The van der Waals surface area contributed by atoms with Gasteiger partial charge in [-0.2, -0.15) is 0 Å². The van der Waals surface area contributed by atoms with Gasteiger partial charge in [0, 0.05) is 24.3 Å². The number of aromatic nitrogens is 1. The van der Waals surface area contributed by atoms with E-state index >= 15 is 0 Å². The number of carbonyl (C=O) groups excluding carboxylic acids is 1. The van der Waals surface area contributed by atoms with E-state index in [2.05, 4.69) is 32.7 Å². The lowest BCUT2D eigenvalue weighted by molar-refractivity contribution is 0.0757. The number of anilines is 1. The van der Waals surface area contributed by atoms with Crippen LogP contribution >= 0.6 is 0 Å². The maximum absolute atomic E-state index is 12.7. The van der Waals surface area contributed by atoms with Gasteiger partial charge in [-0.25, -0.2) is 4.98 Å². The first kappa shape index (κ1) is 15.8. The Morgan fingerprint density at radius 3 is 2.67 bits per heavy atom. The summed E-state index contributed by atoms with van der Waals surface area (Å²) in [6.07, 6.45) is 3.29. The molecule has 4 nitrogen and oxygen atoms in total. The van der Waals surface area contributed by atoms with Crippen LogP contribution in [0.4, 0.5) is 5.82 Å². The molecule has 0 bridgehead atoms. The van der Waals surface area contributed by atoms with Gasteiger partial charge in [0.15, 0.2) is 0 Å². The van der Waals surface area contributed by atoms with E-state index in [1.54, 1.807) is 6.07 Å². The molecule has 0 atom stereocenters. The van der Waals surface area contributed by atoms with Crippen molar-refractivity contribution in [3.63, 3.8) is 0 Å². The van der Waals surface area contributed by atoms with Crippen molar-refractivity contribution >= 4 is 11.7 Å². The third-order valence-electron chi connectivity index (χ3n) is 4.33. The van der Waals surface area contributed by atoms with Gasteiger partial charge in [-0.15, -0.1) is 0 Å². The Bertz CT molecular complexity index is 523. The van der Waals surface area contributed by atoms with E-state index in [9.17, 15) is 4.79 Å². The summed E-state index contributed by atoms with van der Waals surface area (Å²) in [5.74, 6) is 0.784. The zero-order chi connectivity index (χ0) is 15.6. The van der Waals surface area contributed by atoms with Crippen molar-refractivity contribution in [3.05, 3.63) is 23.4 Å². The number of likely N-dealkylation sites (tertiary alicyclic amines) is 1. The molecule has 0 saturated carbocycles. The molecule has 0 aliphatic carbocycles. The summed E-state index contributed by atoms with van der Waals surface area (Å²) < 4.78 is 0. The van der Waals surface area contributed by atoms with Crippen LogP contribution in [0.25, 0.3) is 0 Å². The molecule has 116 valence electrons. The molecule has 1 fully saturated rings. The minimum Gasteiger partial charge on any atom is -0.384 e. The van der Waals surface area contributed by atoms with Crippen molar-refractivity contribution in [2.45, 2.75) is 52.9 Å². The number of carbonyl (C=O) groups is 1. The van der Waals surface area contributed by atoms with Crippen LogP contribution in [0.3, 0.4) is 0 Å². The van der Waals surface area contributed by atoms with E-state index in [4.69, 9.17) is 5.73 Å². The number of hydrogen-bond donors (Lipinski definition) is 1. The number of hydrogen-bond acceptors (Lipinski definition) is 3. The monoisotopic (exact) mass is 289 g/mol. The second kappa shape index (κ2) is 6.04. The molecule has 0 spiro atoms. The molecule has 1 saturated heterocycles. The topological polar surface area (TPSA) is 59.2 Å². The zero-order valence-corrected chi connectivity index (χ0v) is 13.6. The van der Waals surface area contributed by atoms with Crippen molar-refractivity contribution in [2.24, 2.45) is 5.41 Å². The Morgan fingerprint density at radius 1 is 1.29 bits per heavy atom. The van der Waals surface area contributed by atoms with E-state index in [1.165, 1.54) is 6.42 Å². The first-order valence-electron chi connectivity index (χ1n) is 7.85. The van der Waals surface area contributed by atoms with Crippen molar-refractivity contribution in [1.29, 1.82) is 0 Å². The lowest BCUT2D eigenvalue weighted by Gasteiger charge is -2.23. The van der Waals surface area contributed by atoms with Gasteiger partial charge in [-0.05, 0) is 42.7 Å². The molecule has 4 heteroatoms. The molecule has 0 aromatic carbocycles. The second-order valence-corrected chi connectivity index (χ2v) is 7.17. The summed E-state index contributed by atoms with van der Waals surface area (Å²) in [6.45, 7) is 10.3. The number of nitrogens with two attached hydrogens (primary N) is 1. The highest BCUT2D eigenvalue weighted by Gasteiger charge is 2.26. The number of pyridine rings is 1. The fourth-order valence-electron chi connectivity index (χ4n) is 2.80. The predicted octanol–water partition coefficient (Wildman–Crippen LogP) is 3.44. The standard InChI is InChI=1S/C17H27N3O/c1-12(2)14-10-13(11-15(18)19-14)16(21)20-8-5-6-17(3,4)7-9-20/h10-12H,5-9H2,1-4H3,(H2,18,19). The van der Waals surface area contributed by atoms with E-state index in [1.807, 2.05) is 11.0 Å². The van der Waals surface area contributed by atoms with Crippen LogP contribution in [0.5, 0.6) is 0 Å². The van der Waals surface area contributed by atoms with Gasteiger partial charge >= 0.3 is 0 Å². The minimum atomic E-state index is 0.0868. The summed E-state index contributed by atoms with van der Waals surface area (Å²) in [4.78, 5) is 19.0. The molecule has 2 rings (SSSR count). The maximum Gasteiger partial charge on any atom is 0.254 e. The average molecular weight is 289 g/mol. The third-order valence-corrected chi connectivity index (χ3v) is 4.33. The molecule has 0 radical (unpaired) electrons. The quantitative estimate of drug-likeness (QED) is 0.907. The Morgan fingerprint density at radius 2 is 2.00 bits per heavy atom. The highest BCUT2D eigenvalue weighted by molar-refractivity contribution is 5.95. The largest absolute Gasteiger partial charge is 0.384 e. The van der Waals surface area contributed by atoms with Gasteiger partial charge in [0.25, 0.3) is 5.91 Å². The summed E-state index contributed by atoms with van der Waals surface area (Å²) in [6, 6.07) is 3.59. The summed E-state index contributed by atoms with van der Waals surface area (Å²) in [7, 11) is 0. The molecule has 1 amide bonds. The van der Waals surface area contributed by atoms with E-state index in [-0.39, 0.29) is 11.8 Å². The van der Waals surface area contributed by atoms with Crippen LogP contribution in [0.1, 0.15) is 68.9 Å². The molecule has 2 heterocycles. The van der Waals surface area contributed by atoms with E-state index < -0.39 is 0 Å². The molecular formula is C17H27N3O. The number of rotatable bonds is 2. The van der Waals surface area contributed by atoms with Gasteiger partial charge in [0.2, 0.25) is 0 Å². The van der Waals surface area contributed by atoms with Gasteiger partial charge < -0.3 is 10.6 Å². The zero-order valence-electron chi connectivity index (χ0n) is 13.6. The summed E-state index contributed by atoms with van der Waals surface area (Å²) >= 11 is 0. The smallest absolute Gasteiger partial charge is 0.254 e. The second-order valence-electron chi connectivity index (χ2n) is 7.17. The number of amides is 1. The molecule has 0 unspecified atom stereocenters. The Balaban J connectivity index is 2.20. The average Bonchev–Trinajstić information content (AvgIpc) is 2.58. The minimum absolute atomic E-state index is 0.0868. The SMILES string of the molecule is CC(C)c1cc(C(=O)N2CCCC(C)(C)CC2)cc(N)n1. The van der Waals surface area contributed by atoms with Gasteiger partial charge in [0.05, 0.1) is 0 Å². The van der Waals surface area contributed by atoms with E-state index in [0.717, 1.165) is 31.6 Å². The van der Waals surface area contributed by atoms with Crippen LogP contribution in [0, 0.1) is 5.41 Å². The van der Waals surface area contributed by atoms with Gasteiger partial charge in [0.1, 0.15) is 5.82 Å². The van der Waals surface area contributed by atoms with Gasteiger partial charge in [-0.3, -0.25) is 4.79 Å². The van der Waals surface area contributed by atoms with Crippen molar-refractivity contribution in [2.75, 3.05) is 18.8 Å². The van der Waals surface area contributed by atoms with Crippen molar-refractivity contribution < 1.29 is 4.79 Å².